The number of halogens is 3. The van der Waals surface area contributed by atoms with Crippen LogP contribution in [0.2, 0.25) is 0 Å². The lowest BCUT2D eigenvalue weighted by atomic mass is 9.95. The molecule has 1 rings (SSSR count). The average molecular weight is 246 g/mol. The predicted octanol–water partition coefficient (Wildman–Crippen LogP) is 4.05. The van der Waals surface area contributed by atoms with Gasteiger partial charge >= 0.3 is 6.18 Å². The van der Waals surface area contributed by atoms with Crippen molar-refractivity contribution in [1.29, 1.82) is 0 Å². The lowest BCUT2D eigenvalue weighted by Crippen LogP contribution is -2.14. The Hall–Kier alpha value is -1.26. The quantitative estimate of drug-likeness (QED) is 0.867. The minimum atomic E-state index is -4.40. The number of anilines is 1. The maximum absolute atomic E-state index is 12.9. The molecule has 0 aliphatic carbocycles. The molecule has 5 heteroatoms. The first-order chi connectivity index (χ1) is 7.90. The zero-order valence-electron chi connectivity index (χ0n) is 10.2. The van der Waals surface area contributed by atoms with Crippen LogP contribution in [-0.4, -0.2) is 12.0 Å². The van der Waals surface area contributed by atoms with Gasteiger partial charge in [0.1, 0.15) is 11.5 Å². The van der Waals surface area contributed by atoms with E-state index in [0.717, 1.165) is 12.8 Å². The van der Waals surface area contributed by atoms with Gasteiger partial charge in [0.25, 0.3) is 0 Å². The summed E-state index contributed by atoms with van der Waals surface area (Å²) in [5, 5.41) is 2.63. The van der Waals surface area contributed by atoms with Crippen LogP contribution in [0.3, 0.4) is 0 Å². The first kappa shape index (κ1) is 13.8. The molecule has 1 aromatic heterocycles. The number of pyridine rings is 1. The topological polar surface area (TPSA) is 24.9 Å². The van der Waals surface area contributed by atoms with Crippen molar-refractivity contribution in [3.63, 3.8) is 0 Å². The number of hydrogen-bond donors (Lipinski definition) is 1. The molecule has 96 valence electrons. The molecule has 0 aromatic carbocycles. The van der Waals surface area contributed by atoms with Gasteiger partial charge in [-0.05, 0) is 24.0 Å². The lowest BCUT2D eigenvalue weighted by molar-refractivity contribution is -0.141. The standard InChI is InChI=1S/C12H17F3N2/c1-4-5-8(2)9-6-7-10(16-3)17-11(9)12(13,14)15/h6-8H,4-5H2,1-3H3,(H,16,17). The second-order valence-electron chi connectivity index (χ2n) is 4.07. The molecule has 0 saturated heterocycles. The number of hydrogen-bond acceptors (Lipinski definition) is 2. The molecular weight excluding hydrogens is 229 g/mol. The van der Waals surface area contributed by atoms with Gasteiger partial charge in [0.15, 0.2) is 0 Å². The highest BCUT2D eigenvalue weighted by Crippen LogP contribution is 2.35. The Morgan fingerprint density at radius 2 is 2.00 bits per heavy atom. The van der Waals surface area contributed by atoms with Gasteiger partial charge in [-0.25, -0.2) is 4.98 Å². The van der Waals surface area contributed by atoms with E-state index < -0.39 is 11.9 Å². The summed E-state index contributed by atoms with van der Waals surface area (Å²) in [4.78, 5) is 3.63. The van der Waals surface area contributed by atoms with Crippen LogP contribution in [0.25, 0.3) is 0 Å². The Kier molecular flexibility index (Phi) is 4.37. The molecule has 2 nitrogen and oxygen atoms in total. The van der Waals surface area contributed by atoms with Crippen LogP contribution < -0.4 is 5.32 Å². The maximum atomic E-state index is 12.9. The summed E-state index contributed by atoms with van der Waals surface area (Å²) in [7, 11) is 1.55. The Morgan fingerprint density at radius 3 is 2.47 bits per heavy atom. The molecule has 0 spiro atoms. The molecule has 17 heavy (non-hydrogen) atoms. The van der Waals surface area contributed by atoms with Gasteiger partial charge in [-0.3, -0.25) is 0 Å². The van der Waals surface area contributed by atoms with Crippen LogP contribution in [-0.2, 0) is 6.18 Å². The lowest BCUT2D eigenvalue weighted by Gasteiger charge is -2.17. The third-order valence-corrected chi connectivity index (χ3v) is 2.70. The molecule has 0 saturated carbocycles. The molecule has 1 unspecified atom stereocenters. The van der Waals surface area contributed by atoms with Crippen molar-refractivity contribution in [3.8, 4) is 0 Å². The molecule has 0 aliphatic rings. The molecule has 1 atom stereocenters. The van der Waals surface area contributed by atoms with E-state index in [9.17, 15) is 13.2 Å². The Balaban J connectivity index is 3.20. The fraction of sp³-hybridized carbons (Fsp3) is 0.583. The third-order valence-electron chi connectivity index (χ3n) is 2.70. The molecule has 0 fully saturated rings. The summed E-state index contributed by atoms with van der Waals surface area (Å²) >= 11 is 0. The monoisotopic (exact) mass is 246 g/mol. The van der Waals surface area contributed by atoms with Gasteiger partial charge in [-0.1, -0.05) is 26.3 Å². The van der Waals surface area contributed by atoms with E-state index in [1.54, 1.807) is 20.0 Å². The third kappa shape index (κ3) is 3.35. The maximum Gasteiger partial charge on any atom is 0.433 e. The van der Waals surface area contributed by atoms with Gasteiger partial charge in [0.2, 0.25) is 0 Å². The van der Waals surface area contributed by atoms with E-state index in [0.29, 0.717) is 0 Å². The van der Waals surface area contributed by atoms with Gasteiger partial charge < -0.3 is 5.32 Å². The van der Waals surface area contributed by atoms with Crippen molar-refractivity contribution < 1.29 is 13.2 Å². The predicted molar refractivity (Wildman–Crippen MR) is 62.1 cm³/mol. The Bertz CT molecular complexity index is 375. The molecule has 1 aromatic rings. The largest absolute Gasteiger partial charge is 0.433 e. The van der Waals surface area contributed by atoms with Crippen molar-refractivity contribution in [2.24, 2.45) is 0 Å². The highest BCUT2D eigenvalue weighted by Gasteiger charge is 2.36. The fourth-order valence-electron chi connectivity index (χ4n) is 1.82. The molecular formula is C12H17F3N2. The van der Waals surface area contributed by atoms with Crippen LogP contribution in [0.1, 0.15) is 43.9 Å². The van der Waals surface area contributed by atoms with Gasteiger partial charge in [0, 0.05) is 7.05 Å². The zero-order chi connectivity index (χ0) is 13.1. The van der Waals surface area contributed by atoms with E-state index >= 15 is 0 Å². The smallest absolute Gasteiger partial charge is 0.373 e. The number of rotatable bonds is 4. The zero-order valence-corrected chi connectivity index (χ0v) is 10.2. The van der Waals surface area contributed by atoms with Crippen molar-refractivity contribution in [1.82, 2.24) is 4.98 Å². The minimum absolute atomic E-state index is 0.130. The summed E-state index contributed by atoms with van der Waals surface area (Å²) in [5.74, 6) is 0.111. The van der Waals surface area contributed by atoms with Crippen LogP contribution in [0.5, 0.6) is 0 Å². The normalized spacial score (nSPS) is 13.5. The first-order valence-electron chi connectivity index (χ1n) is 5.66. The van der Waals surface area contributed by atoms with Crippen LogP contribution in [0.15, 0.2) is 12.1 Å². The van der Waals surface area contributed by atoms with Gasteiger partial charge in [0.05, 0.1) is 0 Å². The molecule has 0 amide bonds. The number of nitrogens with zero attached hydrogens (tertiary/aromatic N) is 1. The number of aromatic nitrogens is 1. The van der Waals surface area contributed by atoms with Crippen molar-refractivity contribution in [3.05, 3.63) is 23.4 Å². The summed E-state index contributed by atoms with van der Waals surface area (Å²) < 4.78 is 38.6. The molecule has 0 bridgehead atoms. The van der Waals surface area contributed by atoms with E-state index in [1.165, 1.54) is 6.07 Å². The van der Waals surface area contributed by atoms with Crippen LogP contribution in [0.4, 0.5) is 19.0 Å². The van der Waals surface area contributed by atoms with Crippen LogP contribution >= 0.6 is 0 Å². The van der Waals surface area contributed by atoms with E-state index in [-0.39, 0.29) is 17.3 Å². The fourth-order valence-corrected chi connectivity index (χ4v) is 1.82. The molecule has 0 radical (unpaired) electrons. The summed E-state index contributed by atoms with van der Waals surface area (Å²) in [6.07, 6.45) is -2.82. The summed E-state index contributed by atoms with van der Waals surface area (Å²) in [6, 6.07) is 3.10. The van der Waals surface area contributed by atoms with E-state index in [2.05, 4.69) is 10.3 Å². The molecule has 1 heterocycles. The van der Waals surface area contributed by atoms with Crippen molar-refractivity contribution in [2.45, 2.75) is 38.8 Å². The van der Waals surface area contributed by atoms with Gasteiger partial charge in [-0.2, -0.15) is 13.2 Å². The first-order valence-corrected chi connectivity index (χ1v) is 5.66. The molecule has 1 N–H and O–H groups in total. The number of alkyl halides is 3. The average Bonchev–Trinajstić information content (AvgIpc) is 2.27. The highest BCUT2D eigenvalue weighted by molar-refractivity contribution is 5.40. The van der Waals surface area contributed by atoms with E-state index in [4.69, 9.17) is 0 Å². The summed E-state index contributed by atoms with van der Waals surface area (Å²) in [5.41, 5.74) is -0.497. The highest BCUT2D eigenvalue weighted by atomic mass is 19.4. The Morgan fingerprint density at radius 1 is 1.35 bits per heavy atom. The SMILES string of the molecule is CCCC(C)c1ccc(NC)nc1C(F)(F)F. The second kappa shape index (κ2) is 5.38. The van der Waals surface area contributed by atoms with Crippen LogP contribution in [0, 0.1) is 0 Å². The van der Waals surface area contributed by atoms with Crippen molar-refractivity contribution >= 4 is 5.82 Å². The van der Waals surface area contributed by atoms with Gasteiger partial charge in [-0.15, -0.1) is 0 Å². The number of nitrogens with one attached hydrogen (secondary N) is 1. The van der Waals surface area contributed by atoms with E-state index in [1.807, 2.05) is 6.92 Å². The molecule has 0 aliphatic heterocycles. The Labute approximate surface area is 99.3 Å². The van der Waals surface area contributed by atoms with Crippen molar-refractivity contribution in [2.75, 3.05) is 12.4 Å². The second-order valence-corrected chi connectivity index (χ2v) is 4.07. The summed E-state index contributed by atoms with van der Waals surface area (Å²) in [6.45, 7) is 3.76. The minimum Gasteiger partial charge on any atom is -0.373 e.